The van der Waals surface area contributed by atoms with Crippen LogP contribution in [0.1, 0.15) is 38.4 Å². The molecule has 0 amide bonds. The largest absolute Gasteiger partial charge is 0.504 e. The van der Waals surface area contributed by atoms with E-state index in [0.717, 1.165) is 11.1 Å². The van der Waals surface area contributed by atoms with Gasteiger partial charge in [-0.15, -0.1) is 0 Å². The van der Waals surface area contributed by atoms with Gasteiger partial charge < -0.3 is 24.8 Å². The Morgan fingerprint density at radius 2 is 2.09 bits per heavy atom. The SMILES string of the molecule is COc1ccc([C@@H]2C[C@@](C)(O)[C@H]3CC=C(C)[C@H](O)[C@@H]3O2)cc1O. The molecular formula is C18H24O5. The molecule has 1 fully saturated rings. The average molecular weight is 320 g/mol. The zero-order chi connectivity index (χ0) is 16.8. The molecule has 5 nitrogen and oxygen atoms in total. The molecule has 1 heterocycles. The standard InChI is InChI=1S/C18H24O5/c1-10-4-6-12-17(16(10)20)23-15(9-18(12,2)21)11-5-7-14(22-3)13(19)8-11/h4-5,7-8,12,15-17,19-21H,6,9H2,1-3H3/t12-,15-,16-,17+,18+/m0/s1. The first-order valence-electron chi connectivity index (χ1n) is 7.93. The summed E-state index contributed by atoms with van der Waals surface area (Å²) in [6.07, 6.45) is 1.54. The lowest BCUT2D eigenvalue weighted by atomic mass is 9.70. The number of hydrogen-bond acceptors (Lipinski definition) is 5. The van der Waals surface area contributed by atoms with Gasteiger partial charge in [0, 0.05) is 12.3 Å². The van der Waals surface area contributed by atoms with E-state index in [1.165, 1.54) is 7.11 Å². The molecule has 0 saturated carbocycles. The van der Waals surface area contributed by atoms with Crippen molar-refractivity contribution in [2.24, 2.45) is 5.92 Å². The summed E-state index contributed by atoms with van der Waals surface area (Å²) >= 11 is 0. The summed E-state index contributed by atoms with van der Waals surface area (Å²) in [5.74, 6) is 0.297. The second kappa shape index (κ2) is 5.82. The molecule has 5 atom stereocenters. The zero-order valence-electron chi connectivity index (χ0n) is 13.7. The molecule has 3 N–H and O–H groups in total. The fourth-order valence-corrected chi connectivity index (χ4v) is 3.69. The summed E-state index contributed by atoms with van der Waals surface area (Å²) in [5, 5.41) is 31.3. The van der Waals surface area contributed by atoms with Crippen molar-refractivity contribution in [1.29, 1.82) is 0 Å². The van der Waals surface area contributed by atoms with Gasteiger partial charge in [-0.05, 0) is 43.5 Å². The van der Waals surface area contributed by atoms with Gasteiger partial charge in [-0.1, -0.05) is 12.1 Å². The second-order valence-electron chi connectivity index (χ2n) is 6.82. The number of rotatable bonds is 2. The van der Waals surface area contributed by atoms with Crippen LogP contribution in [0.25, 0.3) is 0 Å². The highest BCUT2D eigenvalue weighted by atomic mass is 16.5. The summed E-state index contributed by atoms with van der Waals surface area (Å²) in [6, 6.07) is 5.09. The topological polar surface area (TPSA) is 79.2 Å². The average Bonchev–Trinajstić information content (AvgIpc) is 2.50. The van der Waals surface area contributed by atoms with Crippen LogP contribution in [0.15, 0.2) is 29.8 Å². The first kappa shape index (κ1) is 16.3. The van der Waals surface area contributed by atoms with E-state index in [-0.39, 0.29) is 17.8 Å². The van der Waals surface area contributed by atoms with Crippen LogP contribution in [0.2, 0.25) is 0 Å². The van der Waals surface area contributed by atoms with Crippen molar-refractivity contribution >= 4 is 0 Å². The Labute approximate surface area is 136 Å². The van der Waals surface area contributed by atoms with Gasteiger partial charge in [-0.2, -0.15) is 0 Å². The predicted octanol–water partition coefficient (Wildman–Crippen LogP) is 2.31. The summed E-state index contributed by atoms with van der Waals surface area (Å²) in [7, 11) is 1.49. The summed E-state index contributed by atoms with van der Waals surface area (Å²) in [5.41, 5.74) is 0.697. The Kier molecular flexibility index (Phi) is 4.12. The number of benzene rings is 1. The Morgan fingerprint density at radius 1 is 1.35 bits per heavy atom. The van der Waals surface area contributed by atoms with Gasteiger partial charge in [0.25, 0.3) is 0 Å². The van der Waals surface area contributed by atoms with Gasteiger partial charge in [0.15, 0.2) is 11.5 Å². The number of aliphatic hydroxyl groups excluding tert-OH is 1. The molecule has 2 aliphatic rings. The first-order chi connectivity index (χ1) is 10.8. The third-order valence-corrected chi connectivity index (χ3v) is 5.16. The Hall–Kier alpha value is -1.56. The van der Waals surface area contributed by atoms with E-state index in [9.17, 15) is 15.3 Å². The molecule has 23 heavy (non-hydrogen) atoms. The number of fused-ring (bicyclic) bond motifs is 1. The molecule has 1 aromatic rings. The number of hydrogen-bond donors (Lipinski definition) is 3. The number of ether oxygens (including phenoxy) is 2. The molecule has 1 aliphatic carbocycles. The van der Waals surface area contributed by atoms with Crippen LogP contribution in [-0.2, 0) is 4.74 Å². The fraction of sp³-hybridized carbons (Fsp3) is 0.556. The fourth-order valence-electron chi connectivity index (χ4n) is 3.69. The number of aromatic hydroxyl groups is 1. The van der Waals surface area contributed by atoms with Crippen molar-refractivity contribution in [2.45, 2.75) is 50.6 Å². The maximum atomic E-state index is 10.9. The lowest BCUT2D eigenvalue weighted by molar-refractivity contribution is -0.206. The molecule has 5 heteroatoms. The zero-order valence-corrected chi connectivity index (χ0v) is 13.7. The van der Waals surface area contributed by atoms with Crippen molar-refractivity contribution in [3.63, 3.8) is 0 Å². The van der Waals surface area contributed by atoms with Crippen molar-refractivity contribution in [3.05, 3.63) is 35.4 Å². The number of phenols is 1. The highest BCUT2D eigenvalue weighted by molar-refractivity contribution is 5.42. The normalized spacial score (nSPS) is 37.0. The van der Waals surface area contributed by atoms with E-state index >= 15 is 0 Å². The maximum absolute atomic E-state index is 10.9. The van der Waals surface area contributed by atoms with Crippen LogP contribution in [-0.4, -0.2) is 40.2 Å². The number of methoxy groups -OCH3 is 1. The molecule has 0 aromatic heterocycles. The number of aliphatic hydroxyl groups is 2. The first-order valence-corrected chi connectivity index (χ1v) is 7.93. The quantitative estimate of drug-likeness (QED) is 0.729. The van der Waals surface area contributed by atoms with E-state index in [0.29, 0.717) is 18.6 Å². The lowest BCUT2D eigenvalue weighted by Gasteiger charge is -2.49. The molecule has 3 rings (SSSR count). The van der Waals surface area contributed by atoms with Gasteiger partial charge in [0.1, 0.15) is 6.10 Å². The molecule has 1 aliphatic heterocycles. The Balaban J connectivity index is 1.91. The smallest absolute Gasteiger partial charge is 0.160 e. The molecule has 0 spiro atoms. The molecular weight excluding hydrogens is 296 g/mol. The van der Waals surface area contributed by atoms with Gasteiger partial charge in [0.2, 0.25) is 0 Å². The lowest BCUT2D eigenvalue weighted by Crippen LogP contribution is -2.55. The maximum Gasteiger partial charge on any atom is 0.160 e. The highest BCUT2D eigenvalue weighted by Gasteiger charge is 2.49. The van der Waals surface area contributed by atoms with Crippen LogP contribution in [0.4, 0.5) is 0 Å². The van der Waals surface area contributed by atoms with E-state index in [1.54, 1.807) is 19.1 Å². The van der Waals surface area contributed by atoms with E-state index < -0.39 is 17.8 Å². The molecule has 0 radical (unpaired) electrons. The minimum atomic E-state index is -0.943. The van der Waals surface area contributed by atoms with Gasteiger partial charge in [-0.3, -0.25) is 0 Å². The second-order valence-corrected chi connectivity index (χ2v) is 6.82. The Bertz CT molecular complexity index is 622. The van der Waals surface area contributed by atoms with E-state index in [2.05, 4.69) is 0 Å². The Morgan fingerprint density at radius 3 is 2.74 bits per heavy atom. The third kappa shape index (κ3) is 2.84. The summed E-state index contributed by atoms with van der Waals surface area (Å²) < 4.78 is 11.2. The number of phenolic OH excluding ortho intramolecular Hbond substituents is 1. The van der Waals surface area contributed by atoms with Crippen LogP contribution in [0.3, 0.4) is 0 Å². The minimum absolute atomic E-state index is 0.0376. The van der Waals surface area contributed by atoms with Gasteiger partial charge in [0.05, 0.1) is 24.9 Å². The van der Waals surface area contributed by atoms with Gasteiger partial charge in [-0.25, -0.2) is 0 Å². The van der Waals surface area contributed by atoms with Crippen molar-refractivity contribution in [1.82, 2.24) is 0 Å². The van der Waals surface area contributed by atoms with Crippen molar-refractivity contribution < 1.29 is 24.8 Å². The molecule has 126 valence electrons. The van der Waals surface area contributed by atoms with Crippen molar-refractivity contribution in [3.8, 4) is 11.5 Å². The summed E-state index contributed by atoms with van der Waals surface area (Å²) in [6.45, 7) is 3.67. The van der Waals surface area contributed by atoms with E-state index in [4.69, 9.17) is 9.47 Å². The molecule has 1 saturated heterocycles. The van der Waals surface area contributed by atoms with Crippen LogP contribution >= 0.6 is 0 Å². The van der Waals surface area contributed by atoms with Crippen LogP contribution < -0.4 is 4.74 Å². The number of allylic oxidation sites excluding steroid dienone is 1. The highest BCUT2D eigenvalue weighted by Crippen LogP contribution is 2.47. The monoisotopic (exact) mass is 320 g/mol. The summed E-state index contributed by atoms with van der Waals surface area (Å²) in [4.78, 5) is 0. The van der Waals surface area contributed by atoms with Gasteiger partial charge >= 0.3 is 0 Å². The van der Waals surface area contributed by atoms with Crippen LogP contribution in [0, 0.1) is 5.92 Å². The van der Waals surface area contributed by atoms with Crippen LogP contribution in [0.5, 0.6) is 11.5 Å². The van der Waals surface area contributed by atoms with E-state index in [1.807, 2.05) is 19.1 Å². The molecule has 0 bridgehead atoms. The molecule has 1 aromatic carbocycles. The third-order valence-electron chi connectivity index (χ3n) is 5.16. The van der Waals surface area contributed by atoms with Crippen molar-refractivity contribution in [2.75, 3.05) is 7.11 Å². The predicted molar refractivity (Wildman–Crippen MR) is 85.4 cm³/mol. The molecule has 0 unspecified atom stereocenters. The minimum Gasteiger partial charge on any atom is -0.504 e.